The average Bonchev–Trinajstić information content (AvgIpc) is 2.92. The number of piperidine rings is 1. The molecule has 0 spiro atoms. The Balaban J connectivity index is 1.77. The van der Waals surface area contributed by atoms with Gasteiger partial charge in [0.25, 0.3) is 0 Å². The van der Waals surface area contributed by atoms with Crippen molar-refractivity contribution in [3.63, 3.8) is 0 Å². The molecule has 0 bridgehead atoms. The van der Waals surface area contributed by atoms with E-state index in [9.17, 15) is 10.2 Å². The molecule has 0 unspecified atom stereocenters. The van der Waals surface area contributed by atoms with Crippen molar-refractivity contribution >= 4 is 10.9 Å². The van der Waals surface area contributed by atoms with Gasteiger partial charge in [-0.3, -0.25) is 4.90 Å². The summed E-state index contributed by atoms with van der Waals surface area (Å²) in [7, 11) is 0. The Morgan fingerprint density at radius 2 is 2.18 bits per heavy atom. The Hall–Kier alpha value is -1.36. The van der Waals surface area contributed by atoms with Crippen molar-refractivity contribution in [1.82, 2.24) is 9.88 Å². The number of benzene rings is 1. The summed E-state index contributed by atoms with van der Waals surface area (Å²) in [6, 6.07) is 8.74. The monoisotopic (exact) mass is 300 g/mol. The number of H-pyrrole nitrogens is 1. The van der Waals surface area contributed by atoms with Gasteiger partial charge in [-0.2, -0.15) is 0 Å². The third kappa shape index (κ3) is 2.09. The number of aromatic amines is 1. The topological polar surface area (TPSA) is 59.5 Å². The first kappa shape index (κ1) is 14.2. The van der Waals surface area contributed by atoms with Gasteiger partial charge in [-0.25, -0.2) is 0 Å². The second-order valence-corrected chi connectivity index (χ2v) is 6.93. The van der Waals surface area contributed by atoms with Gasteiger partial charge in [0.1, 0.15) is 0 Å². The van der Waals surface area contributed by atoms with Crippen LogP contribution in [0, 0.1) is 11.8 Å². The van der Waals surface area contributed by atoms with E-state index in [2.05, 4.69) is 34.1 Å². The van der Waals surface area contributed by atoms with Crippen molar-refractivity contribution in [2.75, 3.05) is 19.7 Å². The molecule has 2 aliphatic heterocycles. The fourth-order valence-corrected chi connectivity index (χ4v) is 4.48. The van der Waals surface area contributed by atoms with Gasteiger partial charge in [0.05, 0.1) is 12.1 Å². The van der Waals surface area contributed by atoms with Gasteiger partial charge in [0, 0.05) is 42.2 Å². The zero-order chi connectivity index (χ0) is 15.3. The van der Waals surface area contributed by atoms with Crippen LogP contribution in [0.25, 0.3) is 10.9 Å². The van der Waals surface area contributed by atoms with Crippen LogP contribution in [0.1, 0.15) is 30.6 Å². The summed E-state index contributed by atoms with van der Waals surface area (Å²) in [4.78, 5) is 6.07. The average molecular weight is 300 g/mol. The smallest absolute Gasteiger partial charge is 0.0552 e. The van der Waals surface area contributed by atoms with Gasteiger partial charge >= 0.3 is 0 Å². The van der Waals surface area contributed by atoms with Crippen molar-refractivity contribution < 1.29 is 10.2 Å². The van der Waals surface area contributed by atoms with Crippen molar-refractivity contribution in [3.8, 4) is 0 Å². The number of para-hydroxylation sites is 1. The van der Waals surface area contributed by atoms with Gasteiger partial charge in [0.15, 0.2) is 0 Å². The Labute approximate surface area is 130 Å². The highest BCUT2D eigenvalue weighted by Gasteiger charge is 2.42. The van der Waals surface area contributed by atoms with Crippen molar-refractivity contribution in [3.05, 3.63) is 35.5 Å². The predicted molar refractivity (Wildman–Crippen MR) is 86.7 cm³/mol. The normalized spacial score (nSPS) is 30.0. The maximum Gasteiger partial charge on any atom is 0.0552 e. The Morgan fingerprint density at radius 1 is 1.36 bits per heavy atom. The Morgan fingerprint density at radius 3 is 2.95 bits per heavy atom. The molecule has 1 fully saturated rings. The molecule has 3 heterocycles. The molecule has 0 saturated carbocycles. The van der Waals surface area contributed by atoms with Gasteiger partial charge in [-0.05, 0) is 37.3 Å². The molecule has 1 aromatic carbocycles. The summed E-state index contributed by atoms with van der Waals surface area (Å²) in [5, 5.41) is 21.2. The Bertz CT molecular complexity index is 679. The minimum atomic E-state index is -0.306. The summed E-state index contributed by atoms with van der Waals surface area (Å²) in [5.74, 6) is 0.458. The molecule has 4 atom stereocenters. The SMILES string of the molecule is C[C@H](O)[C@H]1C[C@H](CO)[C@H]2c3[nH]c4ccccc4c3CCN2C1. The largest absolute Gasteiger partial charge is 0.396 e. The number of nitrogens with zero attached hydrogens (tertiary/aromatic N) is 1. The lowest BCUT2D eigenvalue weighted by atomic mass is 9.77. The molecule has 4 rings (SSSR count). The number of fused-ring (bicyclic) bond motifs is 5. The predicted octanol–water partition coefficient (Wildman–Crippen LogP) is 2.08. The standard InChI is InChI=1S/C18H24N2O2/c1-11(22)12-8-13(10-21)18-17-15(6-7-20(18)9-12)14-4-2-3-5-16(14)19-17/h2-5,11-13,18-19,21-22H,6-10H2,1H3/t11-,12-,13+,18-/m0/s1. The molecule has 1 aromatic heterocycles. The lowest BCUT2D eigenvalue weighted by Gasteiger charge is -2.47. The molecular formula is C18H24N2O2. The molecule has 0 radical (unpaired) electrons. The van der Waals surface area contributed by atoms with Gasteiger partial charge < -0.3 is 15.2 Å². The minimum absolute atomic E-state index is 0.180. The number of aliphatic hydroxyl groups is 2. The van der Waals surface area contributed by atoms with Gasteiger partial charge in [0.2, 0.25) is 0 Å². The minimum Gasteiger partial charge on any atom is -0.396 e. The molecule has 2 aliphatic rings. The van der Waals surface area contributed by atoms with Crippen LogP contribution in [0.4, 0.5) is 0 Å². The zero-order valence-electron chi connectivity index (χ0n) is 13.0. The quantitative estimate of drug-likeness (QED) is 0.796. The summed E-state index contributed by atoms with van der Waals surface area (Å²) in [5.41, 5.74) is 3.91. The molecule has 4 heteroatoms. The molecule has 3 N–H and O–H groups in total. The van der Waals surface area contributed by atoms with Crippen LogP contribution in [0.2, 0.25) is 0 Å². The number of hydrogen-bond donors (Lipinski definition) is 3. The van der Waals surface area contributed by atoms with E-state index in [0.717, 1.165) is 25.9 Å². The number of rotatable bonds is 2. The molecule has 0 amide bonds. The molecular weight excluding hydrogens is 276 g/mol. The van der Waals surface area contributed by atoms with Crippen LogP contribution in [0.5, 0.6) is 0 Å². The Kier molecular flexibility index (Phi) is 3.48. The van der Waals surface area contributed by atoms with E-state index in [4.69, 9.17) is 0 Å². The first-order chi connectivity index (χ1) is 10.7. The molecule has 118 valence electrons. The molecule has 1 saturated heterocycles. The van der Waals surface area contributed by atoms with Crippen LogP contribution in [0.3, 0.4) is 0 Å². The maximum atomic E-state index is 9.97. The number of aliphatic hydroxyl groups excluding tert-OH is 2. The molecule has 22 heavy (non-hydrogen) atoms. The second-order valence-electron chi connectivity index (χ2n) is 6.93. The van der Waals surface area contributed by atoms with Crippen LogP contribution in [-0.4, -0.2) is 45.9 Å². The van der Waals surface area contributed by atoms with Crippen molar-refractivity contribution in [2.45, 2.75) is 31.9 Å². The summed E-state index contributed by atoms with van der Waals surface area (Å²) < 4.78 is 0. The number of hydrogen-bond acceptors (Lipinski definition) is 3. The van der Waals surface area contributed by atoms with E-state index in [1.54, 1.807) is 0 Å². The fraction of sp³-hybridized carbons (Fsp3) is 0.556. The van der Waals surface area contributed by atoms with Crippen LogP contribution >= 0.6 is 0 Å². The van der Waals surface area contributed by atoms with Crippen LogP contribution in [0.15, 0.2) is 24.3 Å². The maximum absolute atomic E-state index is 9.97. The fourth-order valence-electron chi connectivity index (χ4n) is 4.48. The number of aromatic nitrogens is 1. The first-order valence-electron chi connectivity index (χ1n) is 8.31. The van der Waals surface area contributed by atoms with Crippen LogP contribution < -0.4 is 0 Å². The summed E-state index contributed by atoms with van der Waals surface area (Å²) in [6.45, 7) is 3.99. The third-order valence-electron chi connectivity index (χ3n) is 5.62. The molecule has 2 aromatic rings. The van der Waals surface area contributed by atoms with Crippen molar-refractivity contribution in [2.24, 2.45) is 11.8 Å². The van der Waals surface area contributed by atoms with Gasteiger partial charge in [-0.1, -0.05) is 18.2 Å². The third-order valence-corrected chi connectivity index (χ3v) is 5.62. The van der Waals surface area contributed by atoms with E-state index < -0.39 is 0 Å². The highest BCUT2D eigenvalue weighted by molar-refractivity contribution is 5.85. The van der Waals surface area contributed by atoms with Gasteiger partial charge in [-0.15, -0.1) is 0 Å². The van der Waals surface area contributed by atoms with E-state index in [1.165, 1.54) is 22.2 Å². The first-order valence-corrected chi connectivity index (χ1v) is 8.31. The summed E-state index contributed by atoms with van der Waals surface area (Å²) >= 11 is 0. The lowest BCUT2D eigenvalue weighted by molar-refractivity contribution is -0.0224. The highest BCUT2D eigenvalue weighted by Crippen LogP contribution is 2.44. The second kappa shape index (κ2) is 5.37. The summed E-state index contributed by atoms with van der Waals surface area (Å²) in [6.07, 6.45) is 1.63. The van der Waals surface area contributed by atoms with E-state index in [-0.39, 0.29) is 30.6 Å². The zero-order valence-corrected chi connectivity index (χ0v) is 13.0. The lowest BCUT2D eigenvalue weighted by Crippen LogP contribution is -2.49. The van der Waals surface area contributed by atoms with E-state index in [1.807, 2.05) is 6.92 Å². The molecule has 4 nitrogen and oxygen atoms in total. The highest BCUT2D eigenvalue weighted by atomic mass is 16.3. The van der Waals surface area contributed by atoms with Crippen LogP contribution in [-0.2, 0) is 6.42 Å². The van der Waals surface area contributed by atoms with Crippen molar-refractivity contribution in [1.29, 1.82) is 0 Å². The molecule has 0 aliphatic carbocycles. The van der Waals surface area contributed by atoms with E-state index in [0.29, 0.717) is 0 Å². The number of nitrogens with one attached hydrogen (secondary N) is 1. The van der Waals surface area contributed by atoms with E-state index >= 15 is 0 Å².